The number of tetrazole rings is 1. The number of aliphatic carboxylic acids is 1. The number of likely N-dealkylation sites (tertiary alicyclic amines) is 1. The van der Waals surface area contributed by atoms with Crippen LogP contribution in [0.4, 0.5) is 5.69 Å². The fraction of sp³-hybridized carbons (Fsp3) is 0.455. The summed E-state index contributed by atoms with van der Waals surface area (Å²) in [7, 11) is 0. The number of anilines is 1. The van der Waals surface area contributed by atoms with Crippen LogP contribution in [-0.2, 0) is 4.79 Å². The van der Waals surface area contributed by atoms with E-state index in [1.165, 1.54) is 11.1 Å². The van der Waals surface area contributed by atoms with Crippen LogP contribution in [0.25, 0.3) is 22.8 Å². The van der Waals surface area contributed by atoms with Crippen LogP contribution in [0.2, 0.25) is 0 Å². The molecule has 0 bridgehead atoms. The van der Waals surface area contributed by atoms with Crippen molar-refractivity contribution in [3.8, 4) is 28.5 Å². The maximum atomic E-state index is 13.8. The monoisotopic (exact) mass is 639 g/mol. The van der Waals surface area contributed by atoms with Gasteiger partial charge in [-0.3, -0.25) is 19.5 Å². The molecule has 1 spiro atoms. The maximum absolute atomic E-state index is 13.8. The van der Waals surface area contributed by atoms with Crippen molar-refractivity contribution in [2.45, 2.75) is 64.5 Å². The average Bonchev–Trinajstić information content (AvgIpc) is 3.88. The van der Waals surface area contributed by atoms with Crippen molar-refractivity contribution in [1.29, 1.82) is 0 Å². The lowest BCUT2D eigenvalue weighted by atomic mass is 9.82. The number of benzene rings is 2. The highest BCUT2D eigenvalue weighted by Gasteiger charge is 2.44. The molecule has 1 atom stereocenters. The summed E-state index contributed by atoms with van der Waals surface area (Å²) >= 11 is 0. The Bertz CT molecular complexity index is 1840. The summed E-state index contributed by atoms with van der Waals surface area (Å²) in [5.74, 6) is 0.332. The first-order valence-corrected chi connectivity index (χ1v) is 16.0. The number of ketones is 1. The topological polar surface area (TPSA) is 172 Å². The number of carboxylic acids is 1. The zero-order chi connectivity index (χ0) is 32.9. The molecule has 7 rings (SSSR count). The molecule has 4 aromatic rings. The van der Waals surface area contributed by atoms with E-state index in [9.17, 15) is 19.5 Å². The summed E-state index contributed by atoms with van der Waals surface area (Å²) in [5, 5.41) is 29.1. The Morgan fingerprint density at radius 1 is 1.04 bits per heavy atom. The molecule has 1 amide bonds. The molecule has 2 aromatic heterocycles. The molecule has 3 aliphatic rings. The summed E-state index contributed by atoms with van der Waals surface area (Å²) < 4.78 is 6.51. The minimum atomic E-state index is -1.11. The highest BCUT2D eigenvalue weighted by molar-refractivity contribution is 6.01. The number of aromatic amines is 1. The number of ether oxygens (including phenoxy) is 1. The Hall–Kier alpha value is -5.14. The smallest absolute Gasteiger partial charge is 0.311 e. The van der Waals surface area contributed by atoms with Crippen LogP contribution in [0.1, 0.15) is 79.6 Å². The van der Waals surface area contributed by atoms with Crippen LogP contribution in [0.15, 0.2) is 42.7 Å². The van der Waals surface area contributed by atoms with Gasteiger partial charge in [0.2, 0.25) is 5.82 Å². The van der Waals surface area contributed by atoms with Crippen LogP contribution >= 0.6 is 0 Å². The van der Waals surface area contributed by atoms with E-state index in [2.05, 4.69) is 41.6 Å². The number of carbonyl (C=O) groups is 3. The Labute approximate surface area is 271 Å². The molecule has 0 saturated carbocycles. The predicted molar refractivity (Wildman–Crippen MR) is 170 cm³/mol. The van der Waals surface area contributed by atoms with Gasteiger partial charge in [0.25, 0.3) is 5.91 Å². The van der Waals surface area contributed by atoms with Gasteiger partial charge in [-0.15, -0.1) is 10.2 Å². The molecule has 47 heavy (non-hydrogen) atoms. The molecule has 2 N–H and O–H groups in total. The fourth-order valence-corrected chi connectivity index (χ4v) is 6.56. The normalized spacial score (nSPS) is 18.2. The number of H-pyrrole nitrogens is 1. The van der Waals surface area contributed by atoms with Crippen molar-refractivity contribution in [2.24, 2.45) is 5.41 Å². The van der Waals surface area contributed by atoms with Gasteiger partial charge < -0.3 is 19.6 Å². The SMILES string of the molecule is CC(n1nnc(-c2ccc3c(c2)C(=O)CC2(CCN(C(=O)c4cc(-c5ncn[nH]5)cc(N5CCCC5)c4)CC2)O3)n1)C(C)(C)C(=O)O. The van der Waals surface area contributed by atoms with Gasteiger partial charge in [0.15, 0.2) is 11.6 Å². The third kappa shape index (κ3) is 5.61. The highest BCUT2D eigenvalue weighted by atomic mass is 16.5. The molecule has 1 unspecified atom stereocenters. The minimum Gasteiger partial charge on any atom is -0.486 e. The molecule has 2 aromatic carbocycles. The van der Waals surface area contributed by atoms with Gasteiger partial charge in [-0.25, -0.2) is 4.98 Å². The van der Waals surface area contributed by atoms with E-state index >= 15 is 0 Å². The molecular weight excluding hydrogens is 602 g/mol. The van der Waals surface area contributed by atoms with Crippen molar-refractivity contribution in [2.75, 3.05) is 31.1 Å². The molecule has 14 heteroatoms. The van der Waals surface area contributed by atoms with E-state index < -0.39 is 23.0 Å². The number of aromatic nitrogens is 7. The van der Waals surface area contributed by atoms with E-state index in [-0.39, 0.29) is 18.1 Å². The van der Waals surface area contributed by atoms with Crippen LogP contribution < -0.4 is 9.64 Å². The number of amides is 1. The third-order valence-corrected chi connectivity index (χ3v) is 10.0. The van der Waals surface area contributed by atoms with Gasteiger partial charge in [-0.2, -0.15) is 9.90 Å². The number of piperidine rings is 1. The third-order valence-electron chi connectivity index (χ3n) is 10.0. The molecule has 3 aliphatic heterocycles. The van der Waals surface area contributed by atoms with Crippen LogP contribution in [0.5, 0.6) is 5.75 Å². The number of fused-ring (bicyclic) bond motifs is 1. The number of Topliss-reactive ketones (excluding diaryl/α,β-unsaturated/α-hetero) is 1. The number of carboxylic acid groups (broad SMARTS) is 1. The van der Waals surface area contributed by atoms with Gasteiger partial charge in [0.05, 0.1) is 23.4 Å². The zero-order valence-electron chi connectivity index (χ0n) is 26.6. The van der Waals surface area contributed by atoms with Gasteiger partial charge in [0, 0.05) is 61.4 Å². The first-order valence-electron chi connectivity index (χ1n) is 16.0. The molecule has 5 heterocycles. The van der Waals surface area contributed by atoms with E-state index in [1.807, 2.05) is 17.0 Å². The molecule has 14 nitrogen and oxygen atoms in total. The van der Waals surface area contributed by atoms with E-state index in [0.717, 1.165) is 37.2 Å². The minimum absolute atomic E-state index is 0.0457. The number of nitrogens with zero attached hydrogens (tertiary/aromatic N) is 8. The van der Waals surface area contributed by atoms with Crippen LogP contribution in [-0.4, -0.2) is 94.8 Å². The molecule has 244 valence electrons. The lowest BCUT2D eigenvalue weighted by Crippen LogP contribution is -2.52. The standard InChI is InChI=1S/C33H37N9O5/c1-20(32(2,3)31(45)46)42-38-29(37-39-42)21-6-7-27-25(17-21)26(43)18-33(47-27)8-12-41(13-9-33)30(44)23-14-22(28-34-19-35-36-28)15-24(16-23)40-10-4-5-11-40/h6-7,14-17,19-20H,4-5,8-13,18H2,1-3H3,(H,45,46)(H,34,35,36). The van der Waals surface area contributed by atoms with Crippen molar-refractivity contribution in [3.05, 3.63) is 53.9 Å². The summed E-state index contributed by atoms with van der Waals surface area (Å²) in [6.45, 7) is 7.77. The summed E-state index contributed by atoms with van der Waals surface area (Å²) in [4.78, 5) is 48.8. The van der Waals surface area contributed by atoms with Crippen molar-refractivity contribution in [1.82, 2.24) is 40.3 Å². The Kier molecular flexibility index (Phi) is 7.52. The predicted octanol–water partition coefficient (Wildman–Crippen LogP) is 4.04. The van der Waals surface area contributed by atoms with Crippen LogP contribution in [0.3, 0.4) is 0 Å². The first kappa shape index (κ1) is 30.5. The number of nitrogens with one attached hydrogen (secondary N) is 1. The van der Waals surface area contributed by atoms with Crippen LogP contribution in [0, 0.1) is 5.41 Å². The van der Waals surface area contributed by atoms with Crippen molar-refractivity contribution >= 4 is 23.3 Å². The van der Waals surface area contributed by atoms with E-state index in [1.54, 1.807) is 39.0 Å². The highest BCUT2D eigenvalue weighted by Crippen LogP contribution is 2.41. The number of hydrogen-bond donors (Lipinski definition) is 2. The maximum Gasteiger partial charge on any atom is 0.311 e. The van der Waals surface area contributed by atoms with Gasteiger partial charge in [0.1, 0.15) is 17.7 Å². The molecule has 0 aliphatic carbocycles. The number of rotatable bonds is 7. The van der Waals surface area contributed by atoms with Crippen molar-refractivity contribution < 1.29 is 24.2 Å². The second kappa shape index (κ2) is 11.6. The summed E-state index contributed by atoms with van der Waals surface area (Å²) in [5.41, 5.74) is 1.65. The second-order valence-corrected chi connectivity index (χ2v) is 13.3. The quantitative estimate of drug-likeness (QED) is 0.299. The Morgan fingerprint density at radius 2 is 1.81 bits per heavy atom. The Balaban J connectivity index is 1.06. The number of hydrogen-bond acceptors (Lipinski definition) is 10. The molecule has 2 fully saturated rings. The largest absolute Gasteiger partial charge is 0.486 e. The molecule has 0 radical (unpaired) electrons. The molecule has 2 saturated heterocycles. The van der Waals surface area contributed by atoms with Crippen molar-refractivity contribution in [3.63, 3.8) is 0 Å². The fourth-order valence-electron chi connectivity index (χ4n) is 6.56. The van der Waals surface area contributed by atoms with Gasteiger partial charge in [-0.1, -0.05) is 0 Å². The average molecular weight is 640 g/mol. The van der Waals surface area contributed by atoms with Gasteiger partial charge in [-0.05, 0) is 75.2 Å². The van der Waals surface area contributed by atoms with E-state index in [0.29, 0.717) is 60.0 Å². The lowest BCUT2D eigenvalue weighted by Gasteiger charge is -2.44. The van der Waals surface area contributed by atoms with Gasteiger partial charge >= 0.3 is 5.97 Å². The second-order valence-electron chi connectivity index (χ2n) is 13.3. The summed E-state index contributed by atoms with van der Waals surface area (Å²) in [6.07, 6.45) is 4.96. The first-order chi connectivity index (χ1) is 22.5. The number of carbonyl (C=O) groups excluding carboxylic acids is 2. The Morgan fingerprint density at radius 3 is 2.51 bits per heavy atom. The summed E-state index contributed by atoms with van der Waals surface area (Å²) in [6, 6.07) is 10.6. The van der Waals surface area contributed by atoms with E-state index in [4.69, 9.17) is 4.74 Å². The lowest BCUT2D eigenvalue weighted by molar-refractivity contribution is -0.149. The zero-order valence-corrected chi connectivity index (χ0v) is 26.6. The molecular formula is C33H37N9O5.